The zero-order chi connectivity index (χ0) is 24.5. The van der Waals surface area contributed by atoms with Crippen LogP contribution in [0.2, 0.25) is 0 Å². The number of β-lactam (4-membered cyclic amide) rings is 1. The fraction of sp³-hybridized carbons (Fsp3) is 0.444. The van der Waals surface area contributed by atoms with Crippen LogP contribution in [0, 0.1) is 6.92 Å². The maximum atomic E-state index is 13.1. The molecule has 16 heteroatoms. The molecule has 4 heterocycles. The van der Waals surface area contributed by atoms with Crippen LogP contribution in [-0.2, 0) is 24.9 Å². The van der Waals surface area contributed by atoms with Crippen molar-refractivity contribution in [3.8, 4) is 5.88 Å². The van der Waals surface area contributed by atoms with Crippen molar-refractivity contribution in [2.24, 2.45) is 0 Å². The molecule has 0 radical (unpaired) electrons. The van der Waals surface area contributed by atoms with E-state index in [0.29, 0.717) is 32.9 Å². The highest BCUT2D eigenvalue weighted by Crippen LogP contribution is 2.47. The van der Waals surface area contributed by atoms with E-state index in [1.807, 2.05) is 6.92 Å². The predicted octanol–water partition coefficient (Wildman–Crippen LogP) is 1.28. The first-order chi connectivity index (χ1) is 16.2. The van der Waals surface area contributed by atoms with Gasteiger partial charge in [-0.05, 0) is 17.7 Å². The number of aliphatic carboxylic acids is 1. The molecule has 4 rings (SSSR count). The topological polar surface area (TPSA) is 168 Å². The van der Waals surface area contributed by atoms with Gasteiger partial charge in [-0.15, -0.1) is 33.7 Å². The number of methoxy groups -OCH3 is 1. The molecule has 2 amide bonds. The molecular weight excluding hydrogens is 526 g/mol. The number of rotatable bonds is 10. The fourth-order valence-electron chi connectivity index (χ4n) is 3.40. The van der Waals surface area contributed by atoms with Crippen LogP contribution in [0.5, 0.6) is 5.88 Å². The molecule has 182 valence electrons. The second-order valence-electron chi connectivity index (χ2n) is 7.10. The second-order valence-corrected chi connectivity index (χ2v) is 11.6. The Morgan fingerprint density at radius 3 is 2.82 bits per heavy atom. The van der Waals surface area contributed by atoms with Gasteiger partial charge in [-0.2, -0.15) is 0 Å². The maximum absolute atomic E-state index is 13.1. The van der Waals surface area contributed by atoms with E-state index < -0.39 is 28.9 Å². The number of hydrogen-bond acceptors (Lipinski definition) is 13. The van der Waals surface area contributed by atoms with Gasteiger partial charge in [0.05, 0.1) is 11.5 Å². The average molecular weight is 546 g/mol. The van der Waals surface area contributed by atoms with Crippen LogP contribution in [0.15, 0.2) is 26.2 Å². The highest BCUT2D eigenvalue weighted by molar-refractivity contribution is 8.02. The summed E-state index contributed by atoms with van der Waals surface area (Å²) >= 11 is 5.29. The first-order valence-electron chi connectivity index (χ1n) is 9.67. The van der Waals surface area contributed by atoms with E-state index in [0.717, 1.165) is 5.01 Å². The molecule has 1 saturated heterocycles. The van der Waals surface area contributed by atoms with E-state index >= 15 is 0 Å². The molecule has 0 aromatic carbocycles. The number of nitrogens with one attached hydrogen (secondary N) is 1. The van der Waals surface area contributed by atoms with Gasteiger partial charge in [-0.25, -0.2) is 4.79 Å². The number of ether oxygens (including phenoxy) is 1. The van der Waals surface area contributed by atoms with Crippen molar-refractivity contribution in [2.75, 3.05) is 24.4 Å². The second kappa shape index (κ2) is 10.2. The predicted molar refractivity (Wildman–Crippen MR) is 125 cm³/mol. The molecule has 2 atom stereocenters. The van der Waals surface area contributed by atoms with Gasteiger partial charge in [0.15, 0.2) is 10.1 Å². The Labute approximate surface area is 209 Å². The quantitative estimate of drug-likeness (QED) is 0.222. The normalized spacial score (nSPS) is 21.9. The Balaban J connectivity index is 1.42. The summed E-state index contributed by atoms with van der Waals surface area (Å²) in [6, 6.07) is 1.34. The highest BCUT2D eigenvalue weighted by atomic mass is 32.2. The lowest BCUT2D eigenvalue weighted by Gasteiger charge is -2.55. The summed E-state index contributed by atoms with van der Waals surface area (Å²) in [5.41, 5.74) is -1.16. The number of carboxylic acid groups (broad SMARTS) is 1. The average Bonchev–Trinajstić information content (AvgIpc) is 3.42. The van der Waals surface area contributed by atoms with Crippen LogP contribution in [-0.4, -0.2) is 83.7 Å². The van der Waals surface area contributed by atoms with Gasteiger partial charge < -0.3 is 24.8 Å². The summed E-state index contributed by atoms with van der Waals surface area (Å²) in [7, 11) is 1.30. The number of thioether (sulfide) groups is 3. The van der Waals surface area contributed by atoms with Crippen molar-refractivity contribution in [1.82, 2.24) is 25.6 Å². The third kappa shape index (κ3) is 4.77. The molecule has 12 nitrogen and oxygen atoms in total. The van der Waals surface area contributed by atoms with E-state index in [1.165, 1.54) is 64.7 Å². The molecule has 2 aromatic heterocycles. The van der Waals surface area contributed by atoms with E-state index in [1.54, 1.807) is 0 Å². The van der Waals surface area contributed by atoms with E-state index in [-0.39, 0.29) is 17.3 Å². The van der Waals surface area contributed by atoms with Crippen LogP contribution in [0.3, 0.4) is 0 Å². The Morgan fingerprint density at radius 2 is 2.21 bits per heavy atom. The molecule has 2 aromatic rings. The van der Waals surface area contributed by atoms with Crippen molar-refractivity contribution < 1.29 is 33.9 Å². The zero-order valence-electron chi connectivity index (χ0n) is 17.8. The lowest BCUT2D eigenvalue weighted by Crippen LogP contribution is -2.80. The van der Waals surface area contributed by atoms with Gasteiger partial charge >= 0.3 is 5.97 Å². The molecule has 0 unspecified atom stereocenters. The van der Waals surface area contributed by atoms with Gasteiger partial charge in [-0.1, -0.05) is 23.1 Å². The third-order valence-corrected chi connectivity index (χ3v) is 9.25. The number of nitrogens with zero attached hydrogens (tertiary/aromatic N) is 4. The summed E-state index contributed by atoms with van der Waals surface area (Å²) in [5.74, 6) is -1.18. The molecule has 2 aliphatic rings. The monoisotopic (exact) mass is 545 g/mol. The number of hydrogen-bond donors (Lipinski definition) is 3. The number of carboxylic acids is 1. The molecule has 0 spiro atoms. The van der Waals surface area contributed by atoms with E-state index in [9.17, 15) is 24.6 Å². The Bertz CT molecular complexity index is 1150. The van der Waals surface area contributed by atoms with Crippen LogP contribution in [0.1, 0.15) is 10.8 Å². The Hall–Kier alpha value is -2.27. The summed E-state index contributed by atoms with van der Waals surface area (Å²) in [5, 5.41) is 33.1. The van der Waals surface area contributed by atoms with Crippen molar-refractivity contribution in [1.29, 1.82) is 0 Å². The van der Waals surface area contributed by atoms with Crippen molar-refractivity contribution in [3.05, 3.63) is 28.1 Å². The number of fused-ring (bicyclic) bond motifs is 1. The van der Waals surface area contributed by atoms with Crippen LogP contribution >= 0.6 is 46.6 Å². The van der Waals surface area contributed by atoms with E-state index in [4.69, 9.17) is 9.26 Å². The van der Waals surface area contributed by atoms with Gasteiger partial charge in [0.1, 0.15) is 16.1 Å². The van der Waals surface area contributed by atoms with Gasteiger partial charge in [0.2, 0.25) is 5.91 Å². The Morgan fingerprint density at radius 1 is 1.41 bits per heavy atom. The van der Waals surface area contributed by atoms with Crippen LogP contribution in [0.25, 0.3) is 0 Å². The number of aryl methyl sites for hydroxylation is 1. The number of amides is 2. The molecule has 3 N–H and O–H groups in total. The van der Waals surface area contributed by atoms with Crippen molar-refractivity contribution in [3.63, 3.8) is 0 Å². The lowest BCUT2D eigenvalue weighted by molar-refractivity contribution is -0.192. The maximum Gasteiger partial charge on any atom is 0.352 e. The molecular formula is C18H19N5O7S4. The first kappa shape index (κ1) is 24.8. The molecule has 0 saturated carbocycles. The largest absolute Gasteiger partial charge is 0.491 e. The molecule has 34 heavy (non-hydrogen) atoms. The SMILES string of the molecule is CO[C@@]1(NC(=O)CSCc2cc(O)no2)C(=O)N2C(C(=O)O)=C(CSc3nnc(C)s3)CS[C@@H]21. The van der Waals surface area contributed by atoms with Crippen molar-refractivity contribution in [2.45, 2.75) is 28.1 Å². The molecule has 0 bridgehead atoms. The van der Waals surface area contributed by atoms with Gasteiger partial charge in [-0.3, -0.25) is 14.5 Å². The number of carbonyl (C=O) groups is 3. The molecule has 1 fully saturated rings. The smallest absolute Gasteiger partial charge is 0.352 e. The molecule has 2 aliphatic heterocycles. The number of aromatic hydroxyl groups is 1. The van der Waals surface area contributed by atoms with Gasteiger partial charge in [0.25, 0.3) is 17.5 Å². The Kier molecular flexibility index (Phi) is 7.42. The van der Waals surface area contributed by atoms with E-state index in [2.05, 4.69) is 20.7 Å². The highest BCUT2D eigenvalue weighted by Gasteiger charge is 2.66. The summed E-state index contributed by atoms with van der Waals surface area (Å²) in [6.07, 6.45) is 0. The summed E-state index contributed by atoms with van der Waals surface area (Å²) in [6.45, 7) is 1.83. The number of aromatic nitrogens is 3. The third-order valence-electron chi connectivity index (χ3n) is 4.86. The standard InChI is InChI=1S/C18H19N5O7S4/c1-8-20-21-17(34-8)33-5-9-4-32-16-18(29-2,15(28)23(16)13(9)14(26)27)19-12(25)7-31-6-10-3-11(24)22-30-10/h3,16H,4-7H2,1-2H3,(H,19,25)(H,22,24)(H,26,27)/t16-,18+/m1/s1. The van der Waals surface area contributed by atoms with Crippen LogP contribution in [0.4, 0.5) is 0 Å². The lowest BCUT2D eigenvalue weighted by atomic mass is 9.98. The minimum absolute atomic E-state index is 0.0119. The summed E-state index contributed by atoms with van der Waals surface area (Å²) in [4.78, 5) is 38.9. The van der Waals surface area contributed by atoms with Gasteiger partial charge in [0, 0.05) is 24.7 Å². The minimum Gasteiger partial charge on any atom is -0.491 e. The van der Waals surface area contributed by atoms with Crippen molar-refractivity contribution >= 4 is 64.4 Å². The summed E-state index contributed by atoms with van der Waals surface area (Å²) < 4.78 is 11.0. The fourth-order valence-corrected chi connectivity index (χ4v) is 7.49. The minimum atomic E-state index is -1.65. The van der Waals surface area contributed by atoms with Crippen LogP contribution < -0.4 is 5.32 Å². The number of carbonyl (C=O) groups excluding carboxylic acids is 2. The first-order valence-corrected chi connectivity index (χ1v) is 13.7. The zero-order valence-corrected chi connectivity index (χ0v) is 21.1. The molecule has 0 aliphatic carbocycles.